The van der Waals surface area contributed by atoms with Crippen molar-refractivity contribution in [3.8, 4) is 0 Å². The topological polar surface area (TPSA) is 20.2 Å². The van der Waals surface area contributed by atoms with E-state index in [1.165, 1.54) is 44.9 Å². The molecule has 5 aliphatic rings. The summed E-state index contributed by atoms with van der Waals surface area (Å²) in [6.07, 6.45) is 14.4. The molecule has 32 heavy (non-hydrogen) atoms. The number of aliphatic hydroxyl groups is 1. The largest absolute Gasteiger partial charge is 0.393 e. The van der Waals surface area contributed by atoms with Crippen molar-refractivity contribution in [3.63, 3.8) is 0 Å². The van der Waals surface area contributed by atoms with Crippen molar-refractivity contribution >= 4 is 0 Å². The molecule has 0 aromatic carbocycles. The van der Waals surface area contributed by atoms with Gasteiger partial charge in [0, 0.05) is 0 Å². The highest BCUT2D eigenvalue weighted by molar-refractivity contribution is 5.25. The lowest BCUT2D eigenvalue weighted by atomic mass is 9.47. The van der Waals surface area contributed by atoms with E-state index in [2.05, 4.69) is 54.5 Å². The van der Waals surface area contributed by atoms with Gasteiger partial charge in [-0.2, -0.15) is 0 Å². The Balaban J connectivity index is 1.33. The summed E-state index contributed by atoms with van der Waals surface area (Å²) >= 11 is 0. The minimum Gasteiger partial charge on any atom is -0.393 e. The SMILES string of the molecule is CC(C)C(C(C)C)[C@@H]1C[C@H]1[C@@H](C)[C@H]1CCC2C3CC=C4C[C@@H](O)CC[C@]4(C)C3CC[C@@]21C. The number of hydrogen-bond acceptors (Lipinski definition) is 1. The Hall–Kier alpha value is -0.300. The van der Waals surface area contributed by atoms with Crippen molar-refractivity contribution < 1.29 is 5.11 Å². The van der Waals surface area contributed by atoms with Crippen molar-refractivity contribution in [3.05, 3.63) is 11.6 Å². The summed E-state index contributed by atoms with van der Waals surface area (Å²) in [5.74, 6) is 9.18. The van der Waals surface area contributed by atoms with Crippen LogP contribution in [0.2, 0.25) is 0 Å². The molecular formula is C31H52O. The van der Waals surface area contributed by atoms with Crippen LogP contribution in [-0.2, 0) is 0 Å². The zero-order valence-electron chi connectivity index (χ0n) is 22.2. The van der Waals surface area contributed by atoms with Crippen molar-refractivity contribution in [2.45, 2.75) is 112 Å². The molecule has 4 saturated carbocycles. The molecule has 1 N–H and O–H groups in total. The Morgan fingerprint density at radius 3 is 2.28 bits per heavy atom. The highest BCUT2D eigenvalue weighted by Crippen LogP contribution is 2.69. The minimum absolute atomic E-state index is 0.0802. The summed E-state index contributed by atoms with van der Waals surface area (Å²) < 4.78 is 0. The van der Waals surface area contributed by atoms with Crippen LogP contribution in [-0.4, -0.2) is 11.2 Å². The Morgan fingerprint density at radius 1 is 0.875 bits per heavy atom. The molecule has 4 fully saturated rings. The summed E-state index contributed by atoms with van der Waals surface area (Å²) in [4.78, 5) is 0. The lowest BCUT2D eigenvalue weighted by Gasteiger charge is -2.58. The third-order valence-corrected chi connectivity index (χ3v) is 12.4. The zero-order valence-corrected chi connectivity index (χ0v) is 22.2. The third-order valence-electron chi connectivity index (χ3n) is 12.4. The number of hydrogen-bond donors (Lipinski definition) is 1. The third kappa shape index (κ3) is 3.49. The van der Waals surface area contributed by atoms with E-state index in [4.69, 9.17) is 0 Å². The maximum absolute atomic E-state index is 10.3. The fourth-order valence-electron chi connectivity index (χ4n) is 10.9. The van der Waals surface area contributed by atoms with Gasteiger partial charge in [-0.15, -0.1) is 0 Å². The molecule has 0 heterocycles. The first-order chi connectivity index (χ1) is 15.1. The molecular weight excluding hydrogens is 388 g/mol. The summed E-state index contributed by atoms with van der Waals surface area (Å²) in [7, 11) is 0. The molecule has 0 aromatic heterocycles. The van der Waals surface area contributed by atoms with Crippen LogP contribution in [0.1, 0.15) is 106 Å². The van der Waals surface area contributed by atoms with Gasteiger partial charge in [-0.05, 0) is 128 Å². The number of aliphatic hydroxyl groups excluding tert-OH is 1. The van der Waals surface area contributed by atoms with E-state index in [0.717, 1.165) is 72.0 Å². The highest BCUT2D eigenvalue weighted by Gasteiger charge is 2.61. The molecule has 0 aromatic rings. The monoisotopic (exact) mass is 440 g/mol. The van der Waals surface area contributed by atoms with E-state index in [1.54, 1.807) is 5.57 Å². The quantitative estimate of drug-likeness (QED) is 0.428. The second-order valence-corrected chi connectivity index (χ2v) is 14.4. The average molecular weight is 441 g/mol. The van der Waals surface area contributed by atoms with Crippen LogP contribution in [0.3, 0.4) is 0 Å². The van der Waals surface area contributed by atoms with Crippen LogP contribution in [0, 0.1) is 70.0 Å². The van der Waals surface area contributed by atoms with Gasteiger partial charge in [0.1, 0.15) is 0 Å². The average Bonchev–Trinajstić information content (AvgIpc) is 3.40. The second kappa shape index (κ2) is 8.13. The Morgan fingerprint density at radius 2 is 1.59 bits per heavy atom. The van der Waals surface area contributed by atoms with Gasteiger partial charge in [0.05, 0.1) is 6.10 Å². The molecule has 1 nitrogen and oxygen atoms in total. The van der Waals surface area contributed by atoms with Gasteiger partial charge in [0.15, 0.2) is 0 Å². The number of fused-ring (bicyclic) bond motifs is 5. The molecule has 1 heteroatoms. The maximum Gasteiger partial charge on any atom is 0.0577 e. The molecule has 0 spiro atoms. The van der Waals surface area contributed by atoms with Gasteiger partial charge in [0.2, 0.25) is 0 Å². The van der Waals surface area contributed by atoms with Crippen molar-refractivity contribution in [2.24, 2.45) is 70.0 Å². The molecule has 0 bridgehead atoms. The fourth-order valence-corrected chi connectivity index (χ4v) is 10.9. The van der Waals surface area contributed by atoms with E-state index in [1.807, 2.05) is 0 Å². The first-order valence-electron chi connectivity index (χ1n) is 14.5. The van der Waals surface area contributed by atoms with Gasteiger partial charge in [-0.3, -0.25) is 0 Å². The lowest BCUT2D eigenvalue weighted by Crippen LogP contribution is -2.51. The summed E-state index contributed by atoms with van der Waals surface area (Å²) in [5.41, 5.74) is 2.59. The van der Waals surface area contributed by atoms with Crippen LogP contribution < -0.4 is 0 Å². The molecule has 0 amide bonds. The van der Waals surface area contributed by atoms with E-state index in [9.17, 15) is 5.11 Å². The highest BCUT2D eigenvalue weighted by atomic mass is 16.3. The molecule has 0 radical (unpaired) electrons. The maximum atomic E-state index is 10.3. The standard InChI is InChI=1S/C31H52O/c1-18(2)29(19(3)4)25-17-24(25)20(5)26-10-11-27-23-9-8-21-16-22(32)12-14-30(21,6)28(23)13-15-31(26,27)7/h8,18-20,22-29,32H,9-17H2,1-7H3/t20-,22+,23?,24+,25-,26-,27?,28?,30+,31-/m1/s1. The normalized spacial score (nSPS) is 49.0. The molecule has 5 aliphatic carbocycles. The van der Waals surface area contributed by atoms with Crippen molar-refractivity contribution in [1.29, 1.82) is 0 Å². The van der Waals surface area contributed by atoms with E-state index in [0.29, 0.717) is 10.8 Å². The predicted octanol–water partition coefficient (Wildman–Crippen LogP) is 8.13. The van der Waals surface area contributed by atoms with E-state index < -0.39 is 0 Å². The Kier molecular flexibility index (Phi) is 5.96. The van der Waals surface area contributed by atoms with Crippen LogP contribution in [0.25, 0.3) is 0 Å². The summed E-state index contributed by atoms with van der Waals surface area (Å²) in [5, 5.41) is 10.3. The van der Waals surface area contributed by atoms with Crippen LogP contribution in [0.4, 0.5) is 0 Å². The van der Waals surface area contributed by atoms with Crippen molar-refractivity contribution in [1.82, 2.24) is 0 Å². The Bertz CT molecular complexity index is 727. The molecule has 3 unspecified atom stereocenters. The fraction of sp³-hybridized carbons (Fsp3) is 0.935. The van der Waals surface area contributed by atoms with Gasteiger partial charge in [0.25, 0.3) is 0 Å². The number of rotatable bonds is 5. The summed E-state index contributed by atoms with van der Waals surface area (Å²) in [6, 6.07) is 0. The van der Waals surface area contributed by atoms with Gasteiger partial charge in [-0.25, -0.2) is 0 Å². The van der Waals surface area contributed by atoms with Crippen LogP contribution >= 0.6 is 0 Å². The molecule has 182 valence electrons. The number of allylic oxidation sites excluding steroid dienone is 1. The molecule has 10 atom stereocenters. The molecule has 5 rings (SSSR count). The first kappa shape index (κ1) is 23.4. The van der Waals surface area contributed by atoms with Crippen LogP contribution in [0.5, 0.6) is 0 Å². The van der Waals surface area contributed by atoms with Gasteiger partial charge >= 0.3 is 0 Å². The smallest absolute Gasteiger partial charge is 0.0577 e. The molecule has 0 saturated heterocycles. The zero-order chi connectivity index (χ0) is 23.0. The van der Waals surface area contributed by atoms with Crippen molar-refractivity contribution in [2.75, 3.05) is 0 Å². The van der Waals surface area contributed by atoms with E-state index >= 15 is 0 Å². The first-order valence-corrected chi connectivity index (χ1v) is 14.5. The van der Waals surface area contributed by atoms with Gasteiger partial charge < -0.3 is 5.11 Å². The second-order valence-electron chi connectivity index (χ2n) is 14.4. The molecule has 0 aliphatic heterocycles. The van der Waals surface area contributed by atoms with Gasteiger partial charge in [-0.1, -0.05) is 60.1 Å². The van der Waals surface area contributed by atoms with E-state index in [-0.39, 0.29) is 6.10 Å². The predicted molar refractivity (Wildman–Crippen MR) is 135 cm³/mol. The lowest BCUT2D eigenvalue weighted by molar-refractivity contribution is -0.0587. The minimum atomic E-state index is -0.0802. The summed E-state index contributed by atoms with van der Waals surface area (Å²) in [6.45, 7) is 17.8. The van der Waals surface area contributed by atoms with Crippen LogP contribution in [0.15, 0.2) is 11.6 Å². The Labute approximate surface area is 199 Å².